The molecule has 104 valence electrons. The molecule has 1 N–H and O–H groups in total. The fourth-order valence-corrected chi connectivity index (χ4v) is 2.99. The molecule has 1 aliphatic rings. The molecule has 19 heavy (non-hydrogen) atoms. The maximum Gasteiger partial charge on any atom is 0.220 e. The van der Waals surface area contributed by atoms with Crippen molar-refractivity contribution in [2.75, 3.05) is 14.2 Å². The highest BCUT2D eigenvalue weighted by Crippen LogP contribution is 2.43. The van der Waals surface area contributed by atoms with Gasteiger partial charge in [-0.15, -0.1) is 0 Å². The quantitative estimate of drug-likeness (QED) is 0.924. The van der Waals surface area contributed by atoms with Crippen LogP contribution in [0.15, 0.2) is 12.1 Å². The van der Waals surface area contributed by atoms with Crippen LogP contribution in [0.25, 0.3) is 0 Å². The Hall–Kier alpha value is -1.42. The first kappa shape index (κ1) is 14.0. The molecule has 1 aliphatic heterocycles. The van der Waals surface area contributed by atoms with Crippen LogP contribution in [-0.2, 0) is 4.79 Å². The Morgan fingerprint density at radius 3 is 2.68 bits per heavy atom. The lowest BCUT2D eigenvalue weighted by Gasteiger charge is -2.20. The molecule has 1 fully saturated rings. The summed E-state index contributed by atoms with van der Waals surface area (Å²) in [5.41, 5.74) is 0.935. The van der Waals surface area contributed by atoms with Gasteiger partial charge in [-0.25, -0.2) is 0 Å². The van der Waals surface area contributed by atoms with E-state index in [-0.39, 0.29) is 17.9 Å². The molecular formula is C14H18ClNO3. The minimum atomic E-state index is 0.0719. The molecule has 0 aliphatic carbocycles. The van der Waals surface area contributed by atoms with Crippen LogP contribution in [0.5, 0.6) is 11.5 Å². The van der Waals surface area contributed by atoms with Crippen molar-refractivity contribution >= 4 is 17.5 Å². The van der Waals surface area contributed by atoms with E-state index in [2.05, 4.69) is 12.2 Å². The van der Waals surface area contributed by atoms with Crippen LogP contribution in [0.2, 0.25) is 5.02 Å². The minimum absolute atomic E-state index is 0.0719. The molecule has 4 nitrogen and oxygen atoms in total. The number of benzene rings is 1. The summed E-state index contributed by atoms with van der Waals surface area (Å²) in [7, 11) is 3.13. The molecule has 5 heteroatoms. The number of hydrogen-bond donors (Lipinski definition) is 1. The number of amides is 1. The largest absolute Gasteiger partial charge is 0.493 e. The van der Waals surface area contributed by atoms with Crippen molar-refractivity contribution in [3.05, 3.63) is 22.7 Å². The van der Waals surface area contributed by atoms with Crippen LogP contribution in [0.3, 0.4) is 0 Å². The van der Waals surface area contributed by atoms with Gasteiger partial charge >= 0.3 is 0 Å². The fourth-order valence-electron chi connectivity index (χ4n) is 2.61. The maximum absolute atomic E-state index is 11.6. The van der Waals surface area contributed by atoms with Gasteiger partial charge in [0.1, 0.15) is 0 Å². The van der Waals surface area contributed by atoms with Gasteiger partial charge in [-0.3, -0.25) is 4.79 Å². The Bertz CT molecular complexity index is 490. The zero-order valence-corrected chi connectivity index (χ0v) is 12.1. The summed E-state index contributed by atoms with van der Waals surface area (Å²) in [6.07, 6.45) is 1.34. The SMILES string of the molecule is CCC1NC(=O)CC1c1ccc(OC)c(OC)c1Cl. The summed E-state index contributed by atoms with van der Waals surface area (Å²) in [5, 5.41) is 3.51. The van der Waals surface area contributed by atoms with Crippen molar-refractivity contribution < 1.29 is 14.3 Å². The number of methoxy groups -OCH3 is 2. The van der Waals surface area contributed by atoms with Crippen molar-refractivity contribution in [2.24, 2.45) is 0 Å². The van der Waals surface area contributed by atoms with Crippen LogP contribution in [-0.4, -0.2) is 26.2 Å². The smallest absolute Gasteiger partial charge is 0.220 e. The third-order valence-electron chi connectivity index (χ3n) is 3.59. The van der Waals surface area contributed by atoms with Crippen LogP contribution >= 0.6 is 11.6 Å². The van der Waals surface area contributed by atoms with Crippen LogP contribution in [0, 0.1) is 0 Å². The molecule has 0 aromatic heterocycles. The zero-order valence-electron chi connectivity index (χ0n) is 11.3. The lowest BCUT2D eigenvalue weighted by molar-refractivity contribution is -0.119. The predicted octanol–water partition coefficient (Wildman–Crippen LogP) is 2.74. The second-order valence-electron chi connectivity index (χ2n) is 4.60. The number of ether oxygens (including phenoxy) is 2. The molecular weight excluding hydrogens is 266 g/mol. The summed E-state index contributed by atoms with van der Waals surface area (Å²) < 4.78 is 10.5. The molecule has 1 heterocycles. The van der Waals surface area contributed by atoms with E-state index in [1.54, 1.807) is 14.2 Å². The summed E-state index contributed by atoms with van der Waals surface area (Å²) in [6, 6.07) is 3.87. The van der Waals surface area contributed by atoms with E-state index < -0.39 is 0 Å². The van der Waals surface area contributed by atoms with E-state index in [0.717, 1.165) is 12.0 Å². The molecule has 0 bridgehead atoms. The lowest BCUT2D eigenvalue weighted by atomic mass is 9.90. The van der Waals surface area contributed by atoms with Crippen molar-refractivity contribution in [1.29, 1.82) is 0 Å². The Morgan fingerprint density at radius 2 is 2.11 bits per heavy atom. The Kier molecular flexibility index (Phi) is 4.20. The summed E-state index contributed by atoms with van der Waals surface area (Å²) >= 11 is 6.40. The molecule has 0 spiro atoms. The topological polar surface area (TPSA) is 47.6 Å². The molecule has 2 atom stereocenters. The first-order chi connectivity index (χ1) is 9.12. The normalized spacial score (nSPS) is 22.2. The van der Waals surface area contributed by atoms with Crippen molar-refractivity contribution in [3.8, 4) is 11.5 Å². The number of carbonyl (C=O) groups excluding carboxylic acids is 1. The summed E-state index contributed by atoms with van der Waals surface area (Å²) in [4.78, 5) is 11.6. The highest BCUT2D eigenvalue weighted by atomic mass is 35.5. The van der Waals surface area contributed by atoms with Gasteiger partial charge in [0.2, 0.25) is 5.91 Å². The predicted molar refractivity (Wildman–Crippen MR) is 74.1 cm³/mol. The fraction of sp³-hybridized carbons (Fsp3) is 0.500. The lowest BCUT2D eigenvalue weighted by Crippen LogP contribution is -2.27. The molecule has 2 unspecified atom stereocenters. The van der Waals surface area contributed by atoms with Crippen molar-refractivity contribution in [2.45, 2.75) is 31.7 Å². The van der Waals surface area contributed by atoms with E-state index in [4.69, 9.17) is 21.1 Å². The second-order valence-corrected chi connectivity index (χ2v) is 4.98. The third-order valence-corrected chi connectivity index (χ3v) is 3.98. The Labute approximate surface area is 118 Å². The Morgan fingerprint density at radius 1 is 1.37 bits per heavy atom. The molecule has 2 rings (SSSR count). The summed E-state index contributed by atoms with van der Waals surface area (Å²) in [6.45, 7) is 2.05. The van der Waals surface area contributed by atoms with Gasteiger partial charge in [0.25, 0.3) is 0 Å². The van der Waals surface area contributed by atoms with Crippen molar-refractivity contribution in [3.63, 3.8) is 0 Å². The Balaban J connectivity index is 2.43. The van der Waals surface area contributed by atoms with E-state index in [9.17, 15) is 4.79 Å². The van der Waals surface area contributed by atoms with Crippen molar-refractivity contribution in [1.82, 2.24) is 5.32 Å². The number of nitrogens with one attached hydrogen (secondary N) is 1. The molecule has 0 saturated carbocycles. The highest BCUT2D eigenvalue weighted by Gasteiger charge is 2.34. The highest BCUT2D eigenvalue weighted by molar-refractivity contribution is 6.33. The minimum Gasteiger partial charge on any atom is -0.493 e. The van der Waals surface area contributed by atoms with Gasteiger partial charge in [0.05, 0.1) is 19.2 Å². The van der Waals surface area contributed by atoms with E-state index in [1.165, 1.54) is 0 Å². The number of carbonyl (C=O) groups is 1. The first-order valence-corrected chi connectivity index (χ1v) is 6.69. The van der Waals surface area contributed by atoms with E-state index >= 15 is 0 Å². The van der Waals surface area contributed by atoms with Gasteiger partial charge in [-0.1, -0.05) is 24.6 Å². The molecule has 1 aromatic rings. The number of rotatable bonds is 4. The molecule has 0 radical (unpaired) electrons. The van der Waals surface area contributed by atoms with Crippen LogP contribution < -0.4 is 14.8 Å². The van der Waals surface area contributed by atoms with Crippen LogP contribution in [0.4, 0.5) is 0 Å². The van der Waals surface area contributed by atoms with Gasteiger partial charge in [-0.2, -0.15) is 0 Å². The molecule has 1 amide bonds. The standard InChI is InChI=1S/C14H18ClNO3/c1-4-10-9(7-12(17)16-10)8-5-6-11(18-2)14(19-3)13(8)15/h5-6,9-10H,4,7H2,1-3H3,(H,16,17). The summed E-state index contributed by atoms with van der Waals surface area (Å²) in [5.74, 6) is 1.28. The zero-order chi connectivity index (χ0) is 14.0. The number of halogens is 1. The average molecular weight is 284 g/mol. The van der Waals surface area contributed by atoms with Gasteiger partial charge < -0.3 is 14.8 Å². The van der Waals surface area contributed by atoms with Crippen LogP contribution in [0.1, 0.15) is 31.2 Å². The first-order valence-electron chi connectivity index (χ1n) is 6.32. The van der Waals surface area contributed by atoms with Gasteiger partial charge in [-0.05, 0) is 18.1 Å². The maximum atomic E-state index is 11.6. The molecule has 1 saturated heterocycles. The second kappa shape index (κ2) is 5.70. The molecule has 1 aromatic carbocycles. The van der Waals surface area contributed by atoms with Gasteiger partial charge in [0.15, 0.2) is 11.5 Å². The monoisotopic (exact) mass is 283 g/mol. The van der Waals surface area contributed by atoms with E-state index in [0.29, 0.717) is 22.9 Å². The number of hydrogen-bond acceptors (Lipinski definition) is 3. The third kappa shape index (κ3) is 2.50. The van der Waals surface area contributed by atoms with Gasteiger partial charge in [0, 0.05) is 18.4 Å². The van der Waals surface area contributed by atoms with E-state index in [1.807, 2.05) is 12.1 Å². The average Bonchev–Trinajstić information content (AvgIpc) is 2.79.